The normalized spacial score (nSPS) is 33.9. The van der Waals surface area contributed by atoms with Gasteiger partial charge in [0.15, 0.2) is 0 Å². The first kappa shape index (κ1) is 14.1. The zero-order chi connectivity index (χ0) is 12.1. The maximum atomic E-state index is 11.0. The Bertz CT molecular complexity index is 235. The molecule has 0 spiro atoms. The van der Waals surface area contributed by atoms with Crippen LogP contribution in [-0.2, 0) is 10.8 Å². The van der Waals surface area contributed by atoms with E-state index in [0.29, 0.717) is 18.0 Å². The van der Waals surface area contributed by atoms with Crippen molar-refractivity contribution < 1.29 is 4.21 Å². The lowest BCUT2D eigenvalue weighted by atomic mass is 9.87. The molecular weight excluding hydrogens is 220 g/mol. The third-order valence-corrected chi connectivity index (χ3v) is 4.81. The fraction of sp³-hybridized carbons (Fsp3) is 1.00. The van der Waals surface area contributed by atoms with Crippen LogP contribution in [0.5, 0.6) is 0 Å². The maximum absolute atomic E-state index is 11.0. The van der Waals surface area contributed by atoms with Crippen LogP contribution in [0.1, 0.15) is 26.7 Å². The lowest BCUT2D eigenvalue weighted by Crippen LogP contribution is -2.52. The van der Waals surface area contributed by atoms with Crippen LogP contribution in [0.2, 0.25) is 0 Å². The Morgan fingerprint density at radius 3 is 2.69 bits per heavy atom. The van der Waals surface area contributed by atoms with Crippen molar-refractivity contribution in [2.45, 2.75) is 38.8 Å². The number of nitrogens with zero attached hydrogens (tertiary/aromatic N) is 1. The van der Waals surface area contributed by atoms with Gasteiger partial charge in [0, 0.05) is 34.9 Å². The van der Waals surface area contributed by atoms with Crippen molar-refractivity contribution in [3.8, 4) is 0 Å². The van der Waals surface area contributed by atoms with Crippen molar-refractivity contribution in [2.24, 2.45) is 5.92 Å². The van der Waals surface area contributed by atoms with Crippen LogP contribution in [0, 0.1) is 5.92 Å². The van der Waals surface area contributed by atoms with Crippen LogP contribution >= 0.6 is 0 Å². The number of likely N-dealkylation sites (tertiary alicyclic amines) is 1. The van der Waals surface area contributed by atoms with Gasteiger partial charge in [0.05, 0.1) is 0 Å². The minimum Gasteiger partial charge on any atom is -0.317 e. The molecule has 96 valence electrons. The molecule has 4 unspecified atom stereocenters. The molecule has 0 amide bonds. The zero-order valence-corrected chi connectivity index (χ0v) is 11.8. The van der Waals surface area contributed by atoms with Crippen molar-refractivity contribution in [3.05, 3.63) is 0 Å². The molecule has 0 aliphatic carbocycles. The number of hydrogen-bond acceptors (Lipinski definition) is 3. The van der Waals surface area contributed by atoms with E-state index in [-0.39, 0.29) is 0 Å². The molecular formula is C12H26N2OS. The van der Waals surface area contributed by atoms with Crippen molar-refractivity contribution in [1.82, 2.24) is 10.2 Å². The number of hydrogen-bond donors (Lipinski definition) is 1. The summed E-state index contributed by atoms with van der Waals surface area (Å²) in [6.45, 7) is 6.92. The highest BCUT2D eigenvalue weighted by molar-refractivity contribution is 7.84. The van der Waals surface area contributed by atoms with Gasteiger partial charge < -0.3 is 10.2 Å². The van der Waals surface area contributed by atoms with Gasteiger partial charge in [-0.2, -0.15) is 0 Å². The standard InChI is InChI=1S/C12H26N2OS/c1-10-11(2)14(7-5-9-16(4)15)8-6-12(10)13-3/h10-13H,5-9H2,1-4H3. The fourth-order valence-corrected chi connectivity index (χ4v) is 3.17. The molecule has 4 heteroatoms. The van der Waals surface area contributed by atoms with Crippen molar-refractivity contribution in [1.29, 1.82) is 0 Å². The monoisotopic (exact) mass is 246 g/mol. The zero-order valence-electron chi connectivity index (χ0n) is 11.0. The van der Waals surface area contributed by atoms with Gasteiger partial charge >= 0.3 is 0 Å². The number of nitrogens with one attached hydrogen (secondary N) is 1. The molecule has 1 rings (SSSR count). The molecule has 4 atom stereocenters. The van der Waals surface area contributed by atoms with Crippen LogP contribution in [0.4, 0.5) is 0 Å². The highest BCUT2D eigenvalue weighted by Gasteiger charge is 2.30. The van der Waals surface area contributed by atoms with Gasteiger partial charge in [-0.1, -0.05) is 6.92 Å². The Hall–Kier alpha value is 0.0700. The van der Waals surface area contributed by atoms with Crippen LogP contribution in [-0.4, -0.2) is 53.3 Å². The first-order valence-electron chi connectivity index (χ1n) is 6.27. The third-order valence-electron chi connectivity index (χ3n) is 3.95. The Labute approximate surface area is 102 Å². The second-order valence-electron chi connectivity index (χ2n) is 4.95. The van der Waals surface area contributed by atoms with Crippen LogP contribution in [0.25, 0.3) is 0 Å². The molecule has 16 heavy (non-hydrogen) atoms. The highest BCUT2D eigenvalue weighted by Crippen LogP contribution is 2.23. The molecule has 0 radical (unpaired) electrons. The summed E-state index contributed by atoms with van der Waals surface area (Å²) >= 11 is 0. The second kappa shape index (κ2) is 6.72. The predicted octanol–water partition coefficient (Wildman–Crippen LogP) is 1.07. The minimum atomic E-state index is -0.638. The Morgan fingerprint density at radius 2 is 2.12 bits per heavy atom. The van der Waals surface area contributed by atoms with E-state index in [1.54, 1.807) is 6.26 Å². The van der Waals surface area contributed by atoms with Crippen LogP contribution in [0.15, 0.2) is 0 Å². The first-order valence-corrected chi connectivity index (χ1v) is 8.00. The molecule has 0 aromatic carbocycles. The summed E-state index contributed by atoms with van der Waals surface area (Å²) in [5, 5.41) is 3.40. The topological polar surface area (TPSA) is 32.3 Å². The summed E-state index contributed by atoms with van der Waals surface area (Å²) in [7, 11) is 1.42. The molecule has 0 bridgehead atoms. The molecule has 1 aliphatic rings. The van der Waals surface area contributed by atoms with Gasteiger partial charge in [0.2, 0.25) is 0 Å². The van der Waals surface area contributed by atoms with E-state index >= 15 is 0 Å². The summed E-state index contributed by atoms with van der Waals surface area (Å²) in [4.78, 5) is 2.55. The smallest absolute Gasteiger partial charge is 0.0244 e. The highest BCUT2D eigenvalue weighted by atomic mass is 32.2. The van der Waals surface area contributed by atoms with Crippen molar-refractivity contribution >= 4 is 10.8 Å². The molecule has 0 aromatic heterocycles. The average Bonchev–Trinajstić information content (AvgIpc) is 2.24. The largest absolute Gasteiger partial charge is 0.317 e. The van der Waals surface area contributed by atoms with Gasteiger partial charge in [-0.05, 0) is 45.8 Å². The number of piperidine rings is 1. The Balaban J connectivity index is 2.36. The molecule has 1 N–H and O–H groups in total. The third kappa shape index (κ3) is 3.82. The van der Waals surface area contributed by atoms with Gasteiger partial charge in [0.25, 0.3) is 0 Å². The lowest BCUT2D eigenvalue weighted by Gasteiger charge is -2.42. The lowest BCUT2D eigenvalue weighted by molar-refractivity contribution is 0.0881. The molecule has 1 aliphatic heterocycles. The van der Waals surface area contributed by atoms with E-state index in [1.807, 2.05) is 0 Å². The molecule has 3 nitrogen and oxygen atoms in total. The van der Waals surface area contributed by atoms with E-state index in [2.05, 4.69) is 31.1 Å². The fourth-order valence-electron chi connectivity index (χ4n) is 2.63. The van der Waals surface area contributed by atoms with E-state index < -0.39 is 10.8 Å². The van der Waals surface area contributed by atoms with Gasteiger partial charge in [0.1, 0.15) is 0 Å². The Kier molecular flexibility index (Phi) is 5.94. The van der Waals surface area contributed by atoms with Crippen molar-refractivity contribution in [3.63, 3.8) is 0 Å². The Morgan fingerprint density at radius 1 is 1.44 bits per heavy atom. The molecule has 1 saturated heterocycles. The van der Waals surface area contributed by atoms with Gasteiger partial charge in [-0.25, -0.2) is 0 Å². The van der Waals surface area contributed by atoms with Gasteiger partial charge in [-0.3, -0.25) is 4.21 Å². The summed E-state index contributed by atoms with van der Waals surface area (Å²) in [6, 6.07) is 1.29. The molecule has 0 aromatic rings. The summed E-state index contributed by atoms with van der Waals surface area (Å²) in [6.07, 6.45) is 4.08. The van der Waals surface area contributed by atoms with Crippen molar-refractivity contribution in [2.75, 3.05) is 32.1 Å². The molecule has 1 heterocycles. The minimum absolute atomic E-state index is 0.636. The quantitative estimate of drug-likeness (QED) is 0.788. The molecule has 0 saturated carbocycles. The first-order chi connectivity index (χ1) is 7.56. The molecule has 1 fully saturated rings. The van der Waals surface area contributed by atoms with E-state index in [0.717, 1.165) is 18.7 Å². The second-order valence-corrected chi connectivity index (χ2v) is 6.51. The summed E-state index contributed by atoms with van der Waals surface area (Å²) < 4.78 is 11.0. The SMILES string of the molecule is CNC1CCN(CCCS(C)=O)C(C)C1C. The summed E-state index contributed by atoms with van der Waals surface area (Å²) in [5.41, 5.74) is 0. The van der Waals surface area contributed by atoms with E-state index in [4.69, 9.17) is 0 Å². The summed E-state index contributed by atoms with van der Waals surface area (Å²) in [5.74, 6) is 1.54. The van der Waals surface area contributed by atoms with E-state index in [1.165, 1.54) is 13.0 Å². The van der Waals surface area contributed by atoms with E-state index in [9.17, 15) is 4.21 Å². The van der Waals surface area contributed by atoms with Gasteiger partial charge in [-0.15, -0.1) is 0 Å². The predicted molar refractivity (Wildman–Crippen MR) is 71.2 cm³/mol. The average molecular weight is 246 g/mol. The number of rotatable bonds is 5. The van der Waals surface area contributed by atoms with Crippen LogP contribution < -0.4 is 5.32 Å². The van der Waals surface area contributed by atoms with Crippen LogP contribution in [0.3, 0.4) is 0 Å². The maximum Gasteiger partial charge on any atom is 0.0244 e.